The van der Waals surface area contributed by atoms with Gasteiger partial charge in [-0.25, -0.2) is 13.6 Å². The fourth-order valence-corrected chi connectivity index (χ4v) is 1.79. The molecule has 0 atom stereocenters. The van der Waals surface area contributed by atoms with Crippen molar-refractivity contribution < 1.29 is 28.6 Å². The first-order valence-corrected chi connectivity index (χ1v) is 5.98. The van der Waals surface area contributed by atoms with Crippen molar-refractivity contribution in [1.29, 1.82) is 0 Å². The van der Waals surface area contributed by atoms with Crippen LogP contribution in [0, 0.1) is 11.6 Å². The first kappa shape index (κ1) is 15.8. The van der Waals surface area contributed by atoms with Gasteiger partial charge >= 0.3 is 5.97 Å². The average molecular weight is 284 g/mol. The van der Waals surface area contributed by atoms with Crippen LogP contribution in [0.1, 0.15) is 25.3 Å². The van der Waals surface area contributed by atoms with Crippen LogP contribution in [-0.4, -0.2) is 22.0 Å². The number of hydrogen-bond acceptors (Lipinski definition) is 3. The van der Waals surface area contributed by atoms with Crippen LogP contribution in [-0.2, 0) is 16.0 Å². The van der Waals surface area contributed by atoms with Gasteiger partial charge < -0.3 is 10.2 Å². The molecule has 6 heteroatoms. The van der Waals surface area contributed by atoms with Crippen molar-refractivity contribution in [3.05, 3.63) is 46.7 Å². The monoisotopic (exact) mass is 284 g/mol. The molecule has 0 amide bonds. The summed E-state index contributed by atoms with van der Waals surface area (Å²) in [5.74, 6) is -4.61. The van der Waals surface area contributed by atoms with Gasteiger partial charge in [-0.1, -0.05) is 6.92 Å². The summed E-state index contributed by atoms with van der Waals surface area (Å²) in [6, 6.07) is 2.92. The maximum Gasteiger partial charge on any atom is 0.371 e. The predicted octanol–water partition coefficient (Wildman–Crippen LogP) is 2.77. The molecule has 0 saturated carbocycles. The molecule has 20 heavy (non-hydrogen) atoms. The predicted molar refractivity (Wildman–Crippen MR) is 67.3 cm³/mol. The summed E-state index contributed by atoms with van der Waals surface area (Å²) in [4.78, 5) is 22.4. The lowest BCUT2D eigenvalue weighted by Crippen LogP contribution is -2.12. The lowest BCUT2D eigenvalue weighted by molar-refractivity contribution is -0.136. The van der Waals surface area contributed by atoms with Gasteiger partial charge in [-0.2, -0.15) is 0 Å². The number of carbonyl (C=O) groups excluding carboxylic acids is 1. The molecule has 0 aliphatic heterocycles. The van der Waals surface area contributed by atoms with Crippen LogP contribution in [0.2, 0.25) is 0 Å². The van der Waals surface area contributed by atoms with Gasteiger partial charge in [0.25, 0.3) is 0 Å². The van der Waals surface area contributed by atoms with Crippen LogP contribution in [0.25, 0.3) is 0 Å². The molecule has 4 nitrogen and oxygen atoms in total. The number of rotatable bonds is 6. The van der Waals surface area contributed by atoms with Crippen LogP contribution < -0.4 is 0 Å². The Balaban J connectivity index is 2.81. The van der Waals surface area contributed by atoms with Gasteiger partial charge in [0.15, 0.2) is 5.78 Å². The van der Waals surface area contributed by atoms with Gasteiger partial charge in [0.05, 0.1) is 0 Å². The molecule has 1 rings (SSSR count). The molecule has 1 aromatic carbocycles. The number of halogens is 2. The van der Waals surface area contributed by atoms with Crippen LogP contribution >= 0.6 is 0 Å². The largest absolute Gasteiger partial charge is 0.502 e. The molecule has 0 saturated heterocycles. The van der Waals surface area contributed by atoms with E-state index in [1.807, 2.05) is 0 Å². The number of ketones is 1. The van der Waals surface area contributed by atoms with E-state index in [2.05, 4.69) is 0 Å². The number of aliphatic hydroxyl groups is 1. The molecule has 0 unspecified atom stereocenters. The Morgan fingerprint density at radius 2 is 1.65 bits per heavy atom. The van der Waals surface area contributed by atoms with E-state index in [4.69, 9.17) is 5.11 Å². The minimum absolute atomic E-state index is 0.0594. The Hall–Kier alpha value is -2.24. The number of carboxylic acids is 1. The van der Waals surface area contributed by atoms with E-state index < -0.39 is 29.1 Å². The van der Waals surface area contributed by atoms with Gasteiger partial charge in [0.1, 0.15) is 11.6 Å². The normalized spacial score (nSPS) is 11.9. The highest BCUT2D eigenvalue weighted by Gasteiger charge is 2.18. The third-order valence-corrected chi connectivity index (χ3v) is 2.74. The second-order valence-corrected chi connectivity index (χ2v) is 4.19. The van der Waals surface area contributed by atoms with Crippen LogP contribution in [0.4, 0.5) is 8.78 Å². The standard InChI is InChI=1S/C14H14F2O4/c1-2-11(13(18)14(19)20)12(17)4-3-8-5-9(15)7-10(16)6-8/h5-7,18H,2-4H2,1H3,(H,19,20)/b13-11-. The quantitative estimate of drug-likeness (QED) is 0.622. The van der Waals surface area contributed by atoms with Crippen LogP contribution in [0.5, 0.6) is 0 Å². The molecule has 0 aliphatic carbocycles. The molecular formula is C14H14F2O4. The third-order valence-electron chi connectivity index (χ3n) is 2.74. The molecule has 1 aromatic rings. The Bertz CT molecular complexity index is 544. The third kappa shape index (κ3) is 4.15. The van der Waals surface area contributed by atoms with Crippen molar-refractivity contribution in [2.24, 2.45) is 0 Å². The van der Waals surface area contributed by atoms with Crippen molar-refractivity contribution in [1.82, 2.24) is 0 Å². The summed E-state index contributed by atoms with van der Waals surface area (Å²) >= 11 is 0. The topological polar surface area (TPSA) is 74.6 Å². The van der Waals surface area contributed by atoms with E-state index in [1.54, 1.807) is 0 Å². The first-order chi connectivity index (χ1) is 9.35. The fourth-order valence-electron chi connectivity index (χ4n) is 1.79. The van der Waals surface area contributed by atoms with E-state index in [-0.39, 0.29) is 24.8 Å². The van der Waals surface area contributed by atoms with Gasteiger partial charge in [0, 0.05) is 18.1 Å². The highest BCUT2D eigenvalue weighted by molar-refractivity contribution is 6.02. The number of hydrogen-bond donors (Lipinski definition) is 2. The summed E-state index contributed by atoms with van der Waals surface area (Å²) in [6.07, 6.45) is -0.0121. The zero-order valence-corrected chi connectivity index (χ0v) is 10.8. The van der Waals surface area contributed by atoms with Crippen molar-refractivity contribution >= 4 is 11.8 Å². The van der Waals surface area contributed by atoms with Crippen LogP contribution in [0.3, 0.4) is 0 Å². The lowest BCUT2D eigenvalue weighted by Gasteiger charge is -2.06. The highest BCUT2D eigenvalue weighted by atomic mass is 19.1. The Kier molecular flexibility index (Phi) is 5.37. The van der Waals surface area contributed by atoms with E-state index in [0.717, 1.165) is 18.2 Å². The highest BCUT2D eigenvalue weighted by Crippen LogP contribution is 2.15. The Labute approximate surface area is 114 Å². The van der Waals surface area contributed by atoms with E-state index in [0.29, 0.717) is 5.56 Å². The molecule has 0 bridgehead atoms. The minimum atomic E-state index is -1.58. The van der Waals surface area contributed by atoms with Crippen molar-refractivity contribution in [2.75, 3.05) is 0 Å². The lowest BCUT2D eigenvalue weighted by atomic mass is 10.00. The van der Waals surface area contributed by atoms with Gasteiger partial charge in [-0.3, -0.25) is 4.79 Å². The van der Waals surface area contributed by atoms with Gasteiger partial charge in [0.2, 0.25) is 5.76 Å². The van der Waals surface area contributed by atoms with Gasteiger partial charge in [-0.05, 0) is 30.5 Å². The molecule has 0 aliphatic rings. The van der Waals surface area contributed by atoms with Crippen molar-refractivity contribution in [3.8, 4) is 0 Å². The van der Waals surface area contributed by atoms with E-state index >= 15 is 0 Å². The summed E-state index contributed by atoms with van der Waals surface area (Å²) < 4.78 is 25.9. The second kappa shape index (κ2) is 6.79. The molecule has 0 radical (unpaired) electrons. The zero-order valence-electron chi connectivity index (χ0n) is 10.8. The number of carboxylic acid groups (broad SMARTS) is 1. The molecular weight excluding hydrogens is 270 g/mol. The number of Topliss-reactive ketones (excluding diaryl/α,β-unsaturated/α-hetero) is 1. The zero-order chi connectivity index (χ0) is 15.3. The van der Waals surface area contributed by atoms with Crippen LogP contribution in [0.15, 0.2) is 29.5 Å². The summed E-state index contributed by atoms with van der Waals surface area (Å²) in [7, 11) is 0. The molecule has 0 spiro atoms. The maximum absolute atomic E-state index is 13.0. The number of allylic oxidation sites excluding steroid dienone is 1. The molecule has 0 aromatic heterocycles. The number of benzene rings is 1. The summed E-state index contributed by atoms with van der Waals surface area (Å²) in [5.41, 5.74) is 0.0930. The minimum Gasteiger partial charge on any atom is -0.502 e. The van der Waals surface area contributed by atoms with E-state index in [1.165, 1.54) is 6.92 Å². The Morgan fingerprint density at radius 3 is 2.10 bits per heavy atom. The number of aliphatic hydroxyl groups excluding tert-OH is 1. The van der Waals surface area contributed by atoms with Gasteiger partial charge in [-0.15, -0.1) is 0 Å². The average Bonchev–Trinajstić information content (AvgIpc) is 2.35. The molecule has 0 fully saturated rings. The number of aliphatic carboxylic acids is 1. The number of carbonyl (C=O) groups is 2. The molecule has 0 heterocycles. The summed E-state index contributed by atoms with van der Waals surface area (Å²) in [6.45, 7) is 1.54. The van der Waals surface area contributed by atoms with Crippen molar-refractivity contribution in [2.45, 2.75) is 26.2 Å². The first-order valence-electron chi connectivity index (χ1n) is 5.98. The number of aryl methyl sites for hydroxylation is 1. The maximum atomic E-state index is 13.0. The molecule has 2 N–H and O–H groups in total. The SMILES string of the molecule is CC/C(C(=O)CCc1cc(F)cc(F)c1)=C(/O)C(=O)O. The smallest absolute Gasteiger partial charge is 0.371 e. The second-order valence-electron chi connectivity index (χ2n) is 4.19. The molecule has 108 valence electrons. The van der Waals surface area contributed by atoms with E-state index in [9.17, 15) is 23.5 Å². The Morgan fingerprint density at radius 1 is 1.10 bits per heavy atom. The van der Waals surface area contributed by atoms with Crippen molar-refractivity contribution in [3.63, 3.8) is 0 Å². The fraction of sp³-hybridized carbons (Fsp3) is 0.286. The summed E-state index contributed by atoms with van der Waals surface area (Å²) in [5, 5.41) is 17.9.